The van der Waals surface area contributed by atoms with Gasteiger partial charge in [-0.1, -0.05) is 17.7 Å². The molecule has 0 aliphatic carbocycles. The Kier molecular flexibility index (Phi) is 6.24. The van der Waals surface area contributed by atoms with Gasteiger partial charge in [0.25, 0.3) is 5.56 Å². The van der Waals surface area contributed by atoms with Gasteiger partial charge in [0, 0.05) is 35.6 Å². The third-order valence-corrected chi connectivity index (χ3v) is 6.46. The van der Waals surface area contributed by atoms with Crippen molar-refractivity contribution in [2.45, 2.75) is 64.8 Å². The fraction of sp³-hybridized carbons (Fsp3) is 0.500. The van der Waals surface area contributed by atoms with Crippen LogP contribution in [0.1, 0.15) is 51.5 Å². The number of hydrogen-bond acceptors (Lipinski definition) is 4. The van der Waals surface area contributed by atoms with E-state index in [1.165, 1.54) is 0 Å². The molecule has 0 radical (unpaired) electrons. The van der Waals surface area contributed by atoms with E-state index in [9.17, 15) is 4.79 Å². The smallest absolute Gasteiger partial charge is 0.262 e. The van der Waals surface area contributed by atoms with Gasteiger partial charge in [-0.3, -0.25) is 4.79 Å². The summed E-state index contributed by atoms with van der Waals surface area (Å²) in [5.74, 6) is 0. The van der Waals surface area contributed by atoms with Crippen LogP contribution in [0.3, 0.4) is 0 Å². The number of rotatable bonds is 7. The van der Waals surface area contributed by atoms with Crippen molar-refractivity contribution in [1.82, 2.24) is 19.7 Å². The van der Waals surface area contributed by atoms with Crippen LogP contribution in [0.2, 0.25) is 5.02 Å². The number of ether oxygens (including phenoxy) is 1. The molecule has 3 aromatic rings. The predicted molar refractivity (Wildman–Crippen MR) is 127 cm³/mol. The third-order valence-electron chi connectivity index (χ3n) is 6.23. The molecule has 1 aliphatic rings. The largest absolute Gasteiger partial charge is 0.357 e. The van der Waals surface area contributed by atoms with E-state index in [-0.39, 0.29) is 17.3 Å². The maximum atomic E-state index is 13.7. The first kappa shape index (κ1) is 22.1. The standard InChI is InChI=1S/C24H31ClN4O2/c1-5-12-26-24(3,4)11-13-28-19-10-9-17(25)15-18(19)22-21(23(28)30)16(2)29(27-22)20-8-6-7-14-31-20/h5,9-10,15,20,26H,1,6-8,11-14H2,2-4H3. The van der Waals surface area contributed by atoms with E-state index in [1.54, 1.807) is 0 Å². The zero-order valence-corrected chi connectivity index (χ0v) is 19.3. The number of benzene rings is 1. The summed E-state index contributed by atoms with van der Waals surface area (Å²) in [5, 5.41) is 10.5. The lowest BCUT2D eigenvalue weighted by Gasteiger charge is -2.26. The fourth-order valence-electron chi connectivity index (χ4n) is 4.39. The fourth-order valence-corrected chi connectivity index (χ4v) is 4.56. The maximum Gasteiger partial charge on any atom is 0.262 e. The average Bonchev–Trinajstić information content (AvgIpc) is 3.11. The highest BCUT2D eigenvalue weighted by atomic mass is 35.5. The second-order valence-corrected chi connectivity index (χ2v) is 9.43. The monoisotopic (exact) mass is 442 g/mol. The van der Waals surface area contributed by atoms with Gasteiger partial charge in [0.2, 0.25) is 0 Å². The summed E-state index contributed by atoms with van der Waals surface area (Å²) in [6, 6.07) is 5.67. The molecule has 0 spiro atoms. The molecule has 7 heteroatoms. The lowest BCUT2D eigenvalue weighted by atomic mass is 10.00. The van der Waals surface area contributed by atoms with Crippen LogP contribution in [0.5, 0.6) is 0 Å². The van der Waals surface area contributed by atoms with E-state index in [0.29, 0.717) is 22.5 Å². The van der Waals surface area contributed by atoms with E-state index in [4.69, 9.17) is 21.4 Å². The normalized spacial score (nSPS) is 17.5. The Balaban J connectivity index is 1.85. The number of nitrogens with one attached hydrogen (secondary N) is 1. The molecular formula is C24H31ClN4O2. The molecule has 6 nitrogen and oxygen atoms in total. The predicted octanol–water partition coefficient (Wildman–Crippen LogP) is 4.96. The van der Waals surface area contributed by atoms with Crippen molar-refractivity contribution in [3.8, 4) is 0 Å². The van der Waals surface area contributed by atoms with Crippen molar-refractivity contribution in [3.63, 3.8) is 0 Å². The first-order valence-corrected chi connectivity index (χ1v) is 11.4. The van der Waals surface area contributed by atoms with Crippen LogP contribution in [-0.4, -0.2) is 33.0 Å². The topological polar surface area (TPSA) is 61.1 Å². The van der Waals surface area contributed by atoms with E-state index >= 15 is 0 Å². The summed E-state index contributed by atoms with van der Waals surface area (Å²) in [7, 11) is 0. The van der Waals surface area contributed by atoms with Crippen molar-refractivity contribution in [2.24, 2.45) is 0 Å². The number of aromatic nitrogens is 3. The first-order chi connectivity index (χ1) is 14.8. The van der Waals surface area contributed by atoms with Gasteiger partial charge in [-0.05, 0) is 64.7 Å². The summed E-state index contributed by atoms with van der Waals surface area (Å²) in [5.41, 5.74) is 2.27. The molecule has 1 aromatic carbocycles. The summed E-state index contributed by atoms with van der Waals surface area (Å²) in [6.45, 7) is 12.1. The first-order valence-electron chi connectivity index (χ1n) is 11.0. The summed E-state index contributed by atoms with van der Waals surface area (Å²) in [4.78, 5) is 13.7. The second kappa shape index (κ2) is 8.77. The maximum absolute atomic E-state index is 13.7. The van der Waals surface area contributed by atoms with Gasteiger partial charge in [-0.25, -0.2) is 4.68 Å². The molecule has 0 amide bonds. The Morgan fingerprint density at radius 2 is 2.19 bits per heavy atom. The Hall–Kier alpha value is -2.15. The summed E-state index contributed by atoms with van der Waals surface area (Å²) in [6.07, 6.45) is 5.60. The molecule has 1 atom stereocenters. The van der Waals surface area contributed by atoms with E-state index in [1.807, 2.05) is 40.4 Å². The summed E-state index contributed by atoms with van der Waals surface area (Å²) < 4.78 is 9.72. The van der Waals surface area contributed by atoms with E-state index in [0.717, 1.165) is 55.4 Å². The molecule has 1 unspecified atom stereocenters. The number of nitrogens with zero attached hydrogens (tertiary/aromatic N) is 3. The second-order valence-electron chi connectivity index (χ2n) is 9.00. The highest BCUT2D eigenvalue weighted by molar-refractivity contribution is 6.31. The summed E-state index contributed by atoms with van der Waals surface area (Å²) >= 11 is 6.35. The van der Waals surface area contributed by atoms with Gasteiger partial charge in [-0.2, -0.15) is 5.10 Å². The highest BCUT2D eigenvalue weighted by Crippen LogP contribution is 2.31. The van der Waals surface area contributed by atoms with Gasteiger partial charge in [0.05, 0.1) is 16.6 Å². The molecule has 2 aromatic heterocycles. The quantitative estimate of drug-likeness (QED) is 0.525. The van der Waals surface area contributed by atoms with Crippen molar-refractivity contribution in [1.29, 1.82) is 0 Å². The number of pyridine rings is 1. The van der Waals surface area contributed by atoms with Crippen LogP contribution in [0.15, 0.2) is 35.6 Å². The highest BCUT2D eigenvalue weighted by Gasteiger charge is 2.25. The van der Waals surface area contributed by atoms with Crippen molar-refractivity contribution in [3.05, 3.63) is 51.9 Å². The van der Waals surface area contributed by atoms with Gasteiger partial charge in [-0.15, -0.1) is 6.58 Å². The van der Waals surface area contributed by atoms with Crippen molar-refractivity contribution in [2.75, 3.05) is 13.2 Å². The molecule has 1 fully saturated rings. The van der Waals surface area contributed by atoms with Gasteiger partial charge in [0.1, 0.15) is 11.7 Å². The molecule has 31 heavy (non-hydrogen) atoms. The lowest BCUT2D eigenvalue weighted by Crippen LogP contribution is -2.41. The molecule has 166 valence electrons. The van der Waals surface area contributed by atoms with Crippen LogP contribution in [0, 0.1) is 6.92 Å². The van der Waals surface area contributed by atoms with Gasteiger partial charge in [0.15, 0.2) is 0 Å². The Labute approximate surface area is 187 Å². The van der Waals surface area contributed by atoms with Crippen LogP contribution in [0.4, 0.5) is 0 Å². The van der Waals surface area contributed by atoms with Crippen LogP contribution in [0.25, 0.3) is 21.8 Å². The molecule has 4 rings (SSSR count). The van der Waals surface area contributed by atoms with Gasteiger partial charge >= 0.3 is 0 Å². The molecule has 1 saturated heterocycles. The van der Waals surface area contributed by atoms with Crippen LogP contribution < -0.4 is 10.9 Å². The molecule has 1 N–H and O–H groups in total. The van der Waals surface area contributed by atoms with E-state index in [2.05, 4.69) is 25.7 Å². The lowest BCUT2D eigenvalue weighted by molar-refractivity contribution is -0.0402. The number of aryl methyl sites for hydroxylation is 2. The third kappa shape index (κ3) is 4.29. The minimum atomic E-state index is -0.128. The Bertz CT molecular complexity index is 1170. The molecule has 0 saturated carbocycles. The molecule has 1 aliphatic heterocycles. The molecule has 0 bridgehead atoms. The number of halogens is 1. The van der Waals surface area contributed by atoms with Crippen molar-refractivity contribution < 1.29 is 4.74 Å². The van der Waals surface area contributed by atoms with Crippen LogP contribution >= 0.6 is 11.6 Å². The van der Waals surface area contributed by atoms with Gasteiger partial charge < -0.3 is 14.6 Å². The minimum Gasteiger partial charge on any atom is -0.357 e. The molecule has 3 heterocycles. The Morgan fingerprint density at radius 3 is 2.90 bits per heavy atom. The molecular weight excluding hydrogens is 412 g/mol. The Morgan fingerprint density at radius 1 is 1.39 bits per heavy atom. The van der Waals surface area contributed by atoms with Crippen LogP contribution in [-0.2, 0) is 11.3 Å². The van der Waals surface area contributed by atoms with E-state index < -0.39 is 0 Å². The number of fused-ring (bicyclic) bond motifs is 3. The van der Waals surface area contributed by atoms with Crippen molar-refractivity contribution >= 4 is 33.4 Å². The average molecular weight is 443 g/mol. The minimum absolute atomic E-state index is 0.0103. The number of hydrogen-bond donors (Lipinski definition) is 1. The SMILES string of the molecule is C=CCNC(C)(C)CCn1c(=O)c2c(C)n(C3CCCCO3)nc2c2cc(Cl)ccc21. The zero-order valence-electron chi connectivity index (χ0n) is 18.6. The zero-order chi connectivity index (χ0) is 22.2.